The van der Waals surface area contributed by atoms with Crippen LogP contribution in [0.3, 0.4) is 0 Å². The minimum Gasteiger partial charge on any atom is -0.490 e. The Kier molecular flexibility index (Phi) is 7.16. The van der Waals surface area contributed by atoms with E-state index >= 15 is 0 Å². The highest BCUT2D eigenvalue weighted by atomic mass is 79.9. The van der Waals surface area contributed by atoms with Gasteiger partial charge in [-0.15, -0.1) is 0 Å². The number of ether oxygens (including phenoxy) is 2. The van der Waals surface area contributed by atoms with Gasteiger partial charge in [-0.1, -0.05) is 11.6 Å². The number of rotatable bonds is 7. The molecule has 0 aliphatic carbocycles. The highest BCUT2D eigenvalue weighted by molar-refractivity contribution is 9.10. The Labute approximate surface area is 121 Å². The third-order valence-electron chi connectivity index (χ3n) is 2.16. The molecule has 0 saturated carbocycles. The minimum absolute atomic E-state index is 0.410. The summed E-state index contributed by atoms with van der Waals surface area (Å²) in [5.74, 6) is 1.44. The molecule has 1 aromatic carbocycles. The van der Waals surface area contributed by atoms with Gasteiger partial charge in [-0.2, -0.15) is 0 Å². The predicted molar refractivity (Wildman–Crippen MR) is 78.6 cm³/mol. The highest BCUT2D eigenvalue weighted by Crippen LogP contribution is 2.36. The Morgan fingerprint density at radius 3 is 2.78 bits per heavy atom. The first kappa shape index (κ1) is 15.3. The maximum atomic E-state index is 5.63. The van der Waals surface area contributed by atoms with Gasteiger partial charge < -0.3 is 14.8 Å². The molecule has 5 heteroatoms. The van der Waals surface area contributed by atoms with Gasteiger partial charge in [-0.05, 0) is 53.7 Å². The van der Waals surface area contributed by atoms with Crippen molar-refractivity contribution in [3.8, 4) is 11.5 Å². The number of halogens is 2. The number of nitrogens with one attached hydrogen (secondary N) is 1. The van der Waals surface area contributed by atoms with Crippen molar-refractivity contribution in [1.82, 2.24) is 5.32 Å². The molecule has 1 N–H and O–H groups in total. The fourth-order valence-electron chi connectivity index (χ4n) is 1.50. The topological polar surface area (TPSA) is 30.5 Å². The summed E-state index contributed by atoms with van der Waals surface area (Å²) in [6, 6.07) is 3.99. The van der Waals surface area contributed by atoms with Gasteiger partial charge in [0.15, 0.2) is 11.5 Å². The van der Waals surface area contributed by atoms with Crippen LogP contribution in [0, 0.1) is 0 Å². The molecule has 1 aromatic rings. The van der Waals surface area contributed by atoms with E-state index in [0.717, 1.165) is 22.3 Å². The SMILES string of the molecule is CCOc1cc(CNC)cc(Br)c1OC/C=C/Cl. The molecule has 0 heterocycles. The number of hydrogen-bond donors (Lipinski definition) is 1. The molecule has 100 valence electrons. The van der Waals surface area contributed by atoms with Crippen LogP contribution in [-0.4, -0.2) is 20.3 Å². The van der Waals surface area contributed by atoms with Crippen LogP contribution in [-0.2, 0) is 6.54 Å². The zero-order valence-corrected chi connectivity index (χ0v) is 12.8. The number of hydrogen-bond acceptors (Lipinski definition) is 3. The third-order valence-corrected chi connectivity index (χ3v) is 2.93. The van der Waals surface area contributed by atoms with Crippen LogP contribution in [0.2, 0.25) is 0 Å². The molecule has 0 bridgehead atoms. The molecule has 0 spiro atoms. The first-order valence-electron chi connectivity index (χ1n) is 5.70. The molecule has 0 saturated heterocycles. The highest BCUT2D eigenvalue weighted by Gasteiger charge is 2.11. The summed E-state index contributed by atoms with van der Waals surface area (Å²) in [5.41, 5.74) is 2.57. The van der Waals surface area contributed by atoms with Gasteiger partial charge in [0, 0.05) is 12.1 Å². The Hall–Kier alpha value is -0.710. The molecule has 0 aliphatic heterocycles. The van der Waals surface area contributed by atoms with Crippen LogP contribution in [0.5, 0.6) is 11.5 Å². The average Bonchev–Trinajstić information content (AvgIpc) is 2.33. The zero-order valence-electron chi connectivity index (χ0n) is 10.5. The maximum absolute atomic E-state index is 5.63. The van der Waals surface area contributed by atoms with Crippen molar-refractivity contribution >= 4 is 27.5 Å². The molecule has 18 heavy (non-hydrogen) atoms. The summed E-state index contributed by atoms with van der Waals surface area (Å²) >= 11 is 8.96. The van der Waals surface area contributed by atoms with Crippen LogP contribution >= 0.6 is 27.5 Å². The van der Waals surface area contributed by atoms with Crippen molar-refractivity contribution in [2.24, 2.45) is 0 Å². The lowest BCUT2D eigenvalue weighted by Crippen LogP contribution is -2.07. The summed E-state index contributed by atoms with van der Waals surface area (Å²) in [5, 5.41) is 3.11. The van der Waals surface area contributed by atoms with Crippen LogP contribution < -0.4 is 14.8 Å². The summed E-state index contributed by atoms with van der Waals surface area (Å²) < 4.78 is 12.1. The van der Waals surface area contributed by atoms with E-state index in [1.54, 1.807) is 6.08 Å². The lowest BCUT2D eigenvalue weighted by molar-refractivity contribution is 0.295. The van der Waals surface area contributed by atoms with Gasteiger partial charge in [-0.3, -0.25) is 0 Å². The lowest BCUT2D eigenvalue weighted by atomic mass is 10.2. The van der Waals surface area contributed by atoms with E-state index in [0.29, 0.717) is 19.0 Å². The molecule has 1 rings (SSSR count). The van der Waals surface area contributed by atoms with Crippen LogP contribution in [0.4, 0.5) is 0 Å². The standard InChI is InChI=1S/C13H17BrClNO2/c1-3-17-12-8-10(9-16-2)7-11(14)13(12)18-6-4-5-15/h4-5,7-8,16H,3,6,9H2,1-2H3/b5-4+. The lowest BCUT2D eigenvalue weighted by Gasteiger charge is -2.14. The molecule has 0 amide bonds. The number of benzene rings is 1. The van der Waals surface area contributed by atoms with Crippen molar-refractivity contribution in [3.63, 3.8) is 0 Å². The van der Waals surface area contributed by atoms with Crippen molar-refractivity contribution in [2.75, 3.05) is 20.3 Å². The normalized spacial score (nSPS) is 10.9. The summed E-state index contributed by atoms with van der Waals surface area (Å²) in [7, 11) is 1.91. The zero-order chi connectivity index (χ0) is 13.4. The van der Waals surface area contributed by atoms with E-state index in [1.165, 1.54) is 5.54 Å². The van der Waals surface area contributed by atoms with Crippen LogP contribution in [0.1, 0.15) is 12.5 Å². The third kappa shape index (κ3) is 4.52. The van der Waals surface area contributed by atoms with Crippen molar-refractivity contribution in [2.45, 2.75) is 13.5 Å². The quantitative estimate of drug-likeness (QED) is 0.825. The average molecular weight is 335 g/mol. The molecule has 3 nitrogen and oxygen atoms in total. The van der Waals surface area contributed by atoms with Gasteiger partial charge in [0.05, 0.1) is 11.1 Å². The largest absolute Gasteiger partial charge is 0.490 e. The fourth-order valence-corrected chi connectivity index (χ4v) is 2.18. The van der Waals surface area contributed by atoms with Crippen LogP contribution in [0.25, 0.3) is 0 Å². The molecule has 0 aliphatic rings. The molecule has 0 atom stereocenters. The molecule has 0 radical (unpaired) electrons. The van der Waals surface area contributed by atoms with Crippen molar-refractivity contribution < 1.29 is 9.47 Å². The van der Waals surface area contributed by atoms with E-state index in [4.69, 9.17) is 21.1 Å². The van der Waals surface area contributed by atoms with E-state index in [9.17, 15) is 0 Å². The van der Waals surface area contributed by atoms with Crippen molar-refractivity contribution in [3.05, 3.63) is 33.8 Å². The minimum atomic E-state index is 0.410. The van der Waals surface area contributed by atoms with Gasteiger partial charge in [-0.25, -0.2) is 0 Å². The van der Waals surface area contributed by atoms with Gasteiger partial charge in [0.25, 0.3) is 0 Å². The van der Waals surface area contributed by atoms with Crippen molar-refractivity contribution in [1.29, 1.82) is 0 Å². The first-order chi connectivity index (χ1) is 8.72. The summed E-state index contributed by atoms with van der Waals surface area (Å²) in [4.78, 5) is 0. The maximum Gasteiger partial charge on any atom is 0.175 e. The fraction of sp³-hybridized carbons (Fsp3) is 0.385. The summed E-state index contributed by atoms with van der Waals surface area (Å²) in [6.45, 7) is 3.73. The van der Waals surface area contributed by atoms with E-state index in [2.05, 4.69) is 21.2 Å². The second-order valence-electron chi connectivity index (χ2n) is 3.54. The second kappa shape index (κ2) is 8.40. The molecule has 0 aromatic heterocycles. The van der Waals surface area contributed by atoms with Gasteiger partial charge in [0.1, 0.15) is 6.61 Å². The van der Waals surface area contributed by atoms with Gasteiger partial charge >= 0.3 is 0 Å². The Balaban J connectivity index is 2.97. The Morgan fingerprint density at radius 1 is 1.39 bits per heavy atom. The monoisotopic (exact) mass is 333 g/mol. The molecule has 0 fully saturated rings. The second-order valence-corrected chi connectivity index (χ2v) is 4.65. The molecule has 0 unspecified atom stereocenters. The van der Waals surface area contributed by atoms with Gasteiger partial charge in [0.2, 0.25) is 0 Å². The first-order valence-corrected chi connectivity index (χ1v) is 6.93. The van der Waals surface area contributed by atoms with E-state index < -0.39 is 0 Å². The molecular weight excluding hydrogens is 318 g/mol. The Bertz CT molecular complexity index is 410. The molecular formula is C13H17BrClNO2. The summed E-state index contributed by atoms with van der Waals surface area (Å²) in [6.07, 6.45) is 1.73. The van der Waals surface area contributed by atoms with E-state index in [1.807, 2.05) is 26.1 Å². The Morgan fingerprint density at radius 2 is 2.17 bits per heavy atom. The van der Waals surface area contributed by atoms with E-state index in [-0.39, 0.29) is 0 Å². The smallest absolute Gasteiger partial charge is 0.175 e. The van der Waals surface area contributed by atoms with Crippen LogP contribution in [0.15, 0.2) is 28.2 Å². The predicted octanol–water partition coefficient (Wildman–Crippen LogP) is 3.70.